The standard InChI is InChI=1S/C27H29F3N6O3/c1-35-16-20(15-32-35)33-25(38)22(11-17-5-2-3-6-17)34-24(37)18-7-4-8-21(12-18)36-9-10-39-26-23(36)13-19(14-31-26)27(28,29)30/h4,7-8,12-17,22H,2-3,5-6,9-11H2,1H3,(H,33,38)(H,34,37)/t22-/m0/s1. The van der Waals surface area contributed by atoms with Gasteiger partial charge in [-0.2, -0.15) is 18.3 Å². The maximum absolute atomic E-state index is 13.3. The topological polar surface area (TPSA) is 101 Å². The Morgan fingerprint density at radius 1 is 1.18 bits per heavy atom. The number of nitrogens with one attached hydrogen (secondary N) is 2. The highest BCUT2D eigenvalue weighted by molar-refractivity contribution is 6.01. The molecule has 0 radical (unpaired) electrons. The number of pyridine rings is 1. The molecule has 0 spiro atoms. The van der Waals surface area contributed by atoms with Gasteiger partial charge in [0.05, 0.1) is 24.0 Å². The summed E-state index contributed by atoms with van der Waals surface area (Å²) in [6, 6.07) is 6.80. The maximum Gasteiger partial charge on any atom is 0.417 e. The van der Waals surface area contributed by atoms with Gasteiger partial charge in [0.25, 0.3) is 5.91 Å². The highest BCUT2D eigenvalue weighted by Gasteiger charge is 2.34. The molecule has 1 atom stereocenters. The van der Waals surface area contributed by atoms with E-state index in [1.807, 2.05) is 0 Å². The number of hydrogen-bond acceptors (Lipinski definition) is 6. The van der Waals surface area contributed by atoms with Crippen LogP contribution in [0.2, 0.25) is 0 Å². The molecule has 2 aromatic heterocycles. The number of alkyl halides is 3. The zero-order valence-electron chi connectivity index (χ0n) is 21.4. The van der Waals surface area contributed by atoms with Gasteiger partial charge in [-0.25, -0.2) is 4.98 Å². The van der Waals surface area contributed by atoms with Gasteiger partial charge in [0, 0.05) is 30.7 Å². The predicted octanol–water partition coefficient (Wildman–Crippen LogP) is 4.68. The van der Waals surface area contributed by atoms with Crippen LogP contribution in [0.25, 0.3) is 0 Å². The molecule has 5 rings (SSSR count). The van der Waals surface area contributed by atoms with Crippen LogP contribution in [0.1, 0.15) is 48.0 Å². The van der Waals surface area contributed by atoms with Crippen LogP contribution in [-0.2, 0) is 18.0 Å². The smallest absolute Gasteiger partial charge is 0.417 e. The lowest BCUT2D eigenvalue weighted by Crippen LogP contribution is -2.44. The number of carbonyl (C=O) groups excluding carboxylic acids is 2. The van der Waals surface area contributed by atoms with Crippen LogP contribution in [0, 0.1) is 5.92 Å². The molecule has 0 bridgehead atoms. The maximum atomic E-state index is 13.3. The number of carbonyl (C=O) groups is 2. The zero-order valence-corrected chi connectivity index (χ0v) is 21.4. The lowest BCUT2D eigenvalue weighted by atomic mass is 9.97. The minimum Gasteiger partial charge on any atom is -0.474 e. The third-order valence-electron chi connectivity index (χ3n) is 7.06. The van der Waals surface area contributed by atoms with Gasteiger partial charge in [0.2, 0.25) is 11.8 Å². The number of hydrogen-bond donors (Lipinski definition) is 2. The van der Waals surface area contributed by atoms with Gasteiger partial charge >= 0.3 is 6.18 Å². The molecule has 1 aliphatic carbocycles. The number of fused-ring (bicyclic) bond motifs is 1. The number of anilines is 3. The molecule has 2 N–H and O–H groups in total. The van der Waals surface area contributed by atoms with Crippen molar-refractivity contribution in [1.82, 2.24) is 20.1 Å². The van der Waals surface area contributed by atoms with Crippen molar-refractivity contribution in [2.24, 2.45) is 13.0 Å². The quantitative estimate of drug-likeness (QED) is 0.450. The minimum absolute atomic E-state index is 0.0906. The molecule has 1 fully saturated rings. The van der Waals surface area contributed by atoms with Crippen molar-refractivity contribution in [3.8, 4) is 5.88 Å². The van der Waals surface area contributed by atoms with Gasteiger partial charge < -0.3 is 20.3 Å². The first kappa shape index (κ1) is 26.5. The summed E-state index contributed by atoms with van der Waals surface area (Å²) in [6.07, 6.45) is 4.13. The lowest BCUT2D eigenvalue weighted by molar-refractivity contribution is -0.137. The molecule has 2 aliphatic rings. The zero-order chi connectivity index (χ0) is 27.6. The van der Waals surface area contributed by atoms with Crippen molar-refractivity contribution in [2.75, 3.05) is 23.4 Å². The molecule has 12 heteroatoms. The molecule has 0 unspecified atom stereocenters. The second kappa shape index (κ2) is 11.0. The Bertz CT molecular complexity index is 1350. The highest BCUT2D eigenvalue weighted by Crippen LogP contribution is 2.39. The Balaban J connectivity index is 1.36. The molecule has 39 heavy (non-hydrogen) atoms. The number of ether oxygens (including phenoxy) is 1. The van der Waals surface area contributed by atoms with E-state index in [0.29, 0.717) is 23.7 Å². The molecule has 206 valence electrons. The SMILES string of the molecule is Cn1cc(NC(=O)[C@H](CC2CCCC2)NC(=O)c2cccc(N3CCOc4ncc(C(F)(F)F)cc43)c2)cn1. The summed E-state index contributed by atoms with van der Waals surface area (Å²) >= 11 is 0. The average molecular weight is 543 g/mol. The van der Waals surface area contributed by atoms with Gasteiger partial charge in [0.1, 0.15) is 18.3 Å². The molecule has 9 nitrogen and oxygen atoms in total. The summed E-state index contributed by atoms with van der Waals surface area (Å²) < 4.78 is 47.1. The van der Waals surface area contributed by atoms with E-state index in [-0.39, 0.29) is 36.2 Å². The first-order valence-corrected chi connectivity index (χ1v) is 12.9. The van der Waals surface area contributed by atoms with E-state index >= 15 is 0 Å². The number of rotatable bonds is 7. The lowest BCUT2D eigenvalue weighted by Gasteiger charge is -2.31. The number of aryl methyl sites for hydroxylation is 1. The van der Waals surface area contributed by atoms with Crippen molar-refractivity contribution in [1.29, 1.82) is 0 Å². The number of benzene rings is 1. The Labute approximate surface area is 223 Å². The van der Waals surface area contributed by atoms with E-state index in [9.17, 15) is 22.8 Å². The fraction of sp³-hybridized carbons (Fsp3) is 0.407. The van der Waals surface area contributed by atoms with Crippen molar-refractivity contribution in [3.05, 3.63) is 60.0 Å². The molecule has 1 aliphatic heterocycles. The van der Waals surface area contributed by atoms with Crippen LogP contribution < -0.4 is 20.3 Å². The Hall–Kier alpha value is -4.09. The van der Waals surface area contributed by atoms with E-state index in [2.05, 4.69) is 20.7 Å². The molecular formula is C27H29F3N6O3. The third kappa shape index (κ3) is 6.15. The molecule has 2 amide bonds. The van der Waals surface area contributed by atoms with Crippen molar-refractivity contribution < 1.29 is 27.5 Å². The first-order valence-electron chi connectivity index (χ1n) is 12.9. The Morgan fingerprint density at radius 3 is 2.69 bits per heavy atom. The van der Waals surface area contributed by atoms with Gasteiger partial charge in [-0.15, -0.1) is 0 Å². The summed E-state index contributed by atoms with van der Waals surface area (Å²) in [4.78, 5) is 32.0. The van der Waals surface area contributed by atoms with Crippen LogP contribution in [-0.4, -0.2) is 45.8 Å². The Kier molecular flexibility index (Phi) is 7.45. The van der Waals surface area contributed by atoms with Crippen molar-refractivity contribution >= 4 is 28.9 Å². The van der Waals surface area contributed by atoms with E-state index in [4.69, 9.17) is 4.74 Å². The normalized spacial score (nSPS) is 16.4. The number of aromatic nitrogens is 3. The van der Waals surface area contributed by atoms with Gasteiger partial charge in [-0.1, -0.05) is 31.7 Å². The van der Waals surface area contributed by atoms with E-state index in [0.717, 1.165) is 37.9 Å². The van der Waals surface area contributed by atoms with Crippen LogP contribution in [0.5, 0.6) is 5.88 Å². The van der Waals surface area contributed by atoms with E-state index in [1.54, 1.807) is 47.1 Å². The summed E-state index contributed by atoms with van der Waals surface area (Å²) in [5.74, 6) is -0.349. The summed E-state index contributed by atoms with van der Waals surface area (Å²) in [5, 5.41) is 9.77. The van der Waals surface area contributed by atoms with E-state index in [1.165, 1.54) is 6.20 Å². The second-order valence-corrected chi connectivity index (χ2v) is 9.90. The van der Waals surface area contributed by atoms with Gasteiger partial charge in [-0.05, 0) is 36.6 Å². The second-order valence-electron chi connectivity index (χ2n) is 9.90. The first-order chi connectivity index (χ1) is 18.7. The van der Waals surface area contributed by atoms with Crippen LogP contribution in [0.4, 0.5) is 30.2 Å². The number of halogens is 3. The fourth-order valence-electron chi connectivity index (χ4n) is 5.11. The Morgan fingerprint density at radius 2 is 1.97 bits per heavy atom. The largest absolute Gasteiger partial charge is 0.474 e. The highest BCUT2D eigenvalue weighted by atomic mass is 19.4. The van der Waals surface area contributed by atoms with Crippen molar-refractivity contribution in [2.45, 2.75) is 44.3 Å². The van der Waals surface area contributed by atoms with Gasteiger partial charge in [0.15, 0.2) is 0 Å². The molecular weight excluding hydrogens is 513 g/mol. The minimum atomic E-state index is -4.56. The van der Waals surface area contributed by atoms with Crippen LogP contribution in [0.15, 0.2) is 48.9 Å². The number of amides is 2. The third-order valence-corrected chi connectivity index (χ3v) is 7.06. The van der Waals surface area contributed by atoms with E-state index < -0.39 is 23.7 Å². The average Bonchev–Trinajstić information content (AvgIpc) is 3.58. The van der Waals surface area contributed by atoms with Gasteiger partial charge in [-0.3, -0.25) is 14.3 Å². The predicted molar refractivity (Wildman–Crippen MR) is 138 cm³/mol. The molecule has 0 saturated heterocycles. The van der Waals surface area contributed by atoms with Crippen molar-refractivity contribution in [3.63, 3.8) is 0 Å². The summed E-state index contributed by atoms with van der Waals surface area (Å²) in [7, 11) is 1.74. The summed E-state index contributed by atoms with van der Waals surface area (Å²) in [6.45, 7) is 0.499. The fourth-order valence-corrected chi connectivity index (χ4v) is 5.11. The molecule has 3 heterocycles. The molecule has 1 aromatic carbocycles. The molecule has 1 saturated carbocycles. The van der Waals surface area contributed by atoms with Crippen LogP contribution in [0.3, 0.4) is 0 Å². The van der Waals surface area contributed by atoms with Crippen LogP contribution >= 0.6 is 0 Å². The summed E-state index contributed by atoms with van der Waals surface area (Å²) in [5.41, 5.74) is 0.614. The monoisotopic (exact) mass is 542 g/mol. The molecule has 3 aromatic rings. The number of nitrogens with zero attached hydrogens (tertiary/aromatic N) is 4.